The highest BCUT2D eigenvalue weighted by atomic mass is 28.4. The van der Waals surface area contributed by atoms with E-state index in [9.17, 15) is 4.79 Å². The predicted molar refractivity (Wildman–Crippen MR) is 90.9 cm³/mol. The third-order valence-electron chi connectivity index (χ3n) is 5.78. The first kappa shape index (κ1) is 16.9. The molecule has 2 atom stereocenters. The molecule has 0 aliphatic heterocycles. The highest BCUT2D eigenvalue weighted by Gasteiger charge is 2.40. The second-order valence-corrected chi connectivity index (χ2v) is 13.2. The molecule has 0 aromatic heterocycles. The number of allylic oxidation sites excluding steroid dienone is 1. The molecule has 1 saturated carbocycles. The van der Waals surface area contributed by atoms with Crippen molar-refractivity contribution in [2.45, 2.75) is 77.4 Å². The SMILES string of the molecule is CC(C)(C)[Si](C)(C)OCC1=C[C@@H]2CCCCCC[C@H]2C1=O. The van der Waals surface area contributed by atoms with E-state index in [0.717, 1.165) is 12.0 Å². The molecule has 3 heteroatoms. The molecule has 0 aromatic rings. The van der Waals surface area contributed by atoms with Gasteiger partial charge >= 0.3 is 0 Å². The second kappa shape index (κ2) is 6.37. The molecule has 0 N–H and O–H groups in total. The van der Waals surface area contributed by atoms with Crippen LogP contribution in [0.4, 0.5) is 0 Å². The van der Waals surface area contributed by atoms with Gasteiger partial charge < -0.3 is 4.43 Å². The minimum absolute atomic E-state index is 0.205. The van der Waals surface area contributed by atoms with Gasteiger partial charge in [-0.25, -0.2) is 0 Å². The van der Waals surface area contributed by atoms with Gasteiger partial charge in [0.1, 0.15) is 0 Å². The number of hydrogen-bond acceptors (Lipinski definition) is 2. The first-order valence-electron chi connectivity index (χ1n) is 8.61. The third-order valence-corrected chi connectivity index (χ3v) is 10.3. The van der Waals surface area contributed by atoms with Crippen molar-refractivity contribution in [2.75, 3.05) is 6.61 Å². The minimum Gasteiger partial charge on any atom is -0.412 e. The molecule has 0 bridgehead atoms. The molecular weight excluding hydrogens is 276 g/mol. The van der Waals surface area contributed by atoms with Crippen LogP contribution >= 0.6 is 0 Å². The fraction of sp³-hybridized carbons (Fsp3) is 0.833. The highest BCUT2D eigenvalue weighted by molar-refractivity contribution is 6.74. The maximum Gasteiger partial charge on any atom is 0.192 e. The summed E-state index contributed by atoms with van der Waals surface area (Å²) in [5.41, 5.74) is 0.969. The summed E-state index contributed by atoms with van der Waals surface area (Å²) in [7, 11) is -1.76. The zero-order valence-electron chi connectivity index (χ0n) is 14.5. The summed E-state index contributed by atoms with van der Waals surface area (Å²) in [6.07, 6.45) is 9.67. The number of carbonyl (C=O) groups excluding carboxylic acids is 1. The molecular formula is C18H32O2Si. The van der Waals surface area contributed by atoms with Crippen molar-refractivity contribution in [3.63, 3.8) is 0 Å². The Kier molecular flexibility index (Phi) is 5.14. The molecule has 0 heterocycles. The summed E-state index contributed by atoms with van der Waals surface area (Å²) in [5, 5.41) is 0.205. The van der Waals surface area contributed by atoms with Gasteiger partial charge in [0.2, 0.25) is 0 Å². The molecule has 0 aromatic carbocycles. The molecule has 2 rings (SSSR count). The first-order valence-corrected chi connectivity index (χ1v) is 11.5. The van der Waals surface area contributed by atoms with Crippen molar-refractivity contribution in [3.05, 3.63) is 11.6 Å². The van der Waals surface area contributed by atoms with Crippen LogP contribution in [0.25, 0.3) is 0 Å². The van der Waals surface area contributed by atoms with Gasteiger partial charge in [0.05, 0.1) is 6.61 Å². The standard InChI is InChI=1S/C18H32O2Si/c1-18(2,3)21(4,5)20-13-15-12-14-10-8-6-7-9-11-16(14)17(15)19/h12,14,16H,6-11,13H2,1-5H3/t14-,16+/m0/s1. The molecule has 21 heavy (non-hydrogen) atoms. The van der Waals surface area contributed by atoms with E-state index in [1.54, 1.807) is 0 Å². The molecule has 0 amide bonds. The molecule has 1 fully saturated rings. The summed E-state index contributed by atoms with van der Waals surface area (Å²) < 4.78 is 6.27. The van der Waals surface area contributed by atoms with Crippen LogP contribution in [0.15, 0.2) is 11.6 Å². The predicted octanol–water partition coefficient (Wildman–Crippen LogP) is 5.10. The van der Waals surface area contributed by atoms with Crippen molar-refractivity contribution in [3.8, 4) is 0 Å². The van der Waals surface area contributed by atoms with E-state index >= 15 is 0 Å². The first-order chi connectivity index (χ1) is 9.72. The van der Waals surface area contributed by atoms with E-state index in [1.165, 1.54) is 32.1 Å². The number of rotatable bonds is 3. The number of fused-ring (bicyclic) bond motifs is 1. The zero-order chi connectivity index (χ0) is 15.7. The summed E-state index contributed by atoms with van der Waals surface area (Å²) >= 11 is 0. The Bertz CT molecular complexity index is 417. The van der Waals surface area contributed by atoms with Gasteiger partial charge in [-0.05, 0) is 36.9 Å². The molecule has 0 saturated heterocycles. The van der Waals surface area contributed by atoms with Crippen LogP contribution in [0.1, 0.15) is 59.3 Å². The summed E-state index contributed by atoms with van der Waals surface area (Å²) in [5.74, 6) is 1.15. The zero-order valence-corrected chi connectivity index (χ0v) is 15.5. The van der Waals surface area contributed by atoms with E-state index in [1.807, 2.05) is 0 Å². The molecule has 0 unspecified atom stereocenters. The highest BCUT2D eigenvalue weighted by Crippen LogP contribution is 2.39. The third kappa shape index (κ3) is 3.87. The summed E-state index contributed by atoms with van der Waals surface area (Å²) in [4.78, 5) is 12.6. The normalized spacial score (nSPS) is 27.9. The van der Waals surface area contributed by atoms with Gasteiger partial charge in [0.25, 0.3) is 0 Å². The Balaban J connectivity index is 2.00. The topological polar surface area (TPSA) is 26.3 Å². The van der Waals surface area contributed by atoms with Crippen LogP contribution in [-0.4, -0.2) is 20.7 Å². The molecule has 2 aliphatic rings. The van der Waals surface area contributed by atoms with E-state index in [-0.39, 0.29) is 11.0 Å². The van der Waals surface area contributed by atoms with Crippen molar-refractivity contribution >= 4 is 14.1 Å². The van der Waals surface area contributed by atoms with Crippen LogP contribution in [0, 0.1) is 11.8 Å². The molecule has 2 nitrogen and oxygen atoms in total. The van der Waals surface area contributed by atoms with Crippen molar-refractivity contribution in [1.29, 1.82) is 0 Å². The minimum atomic E-state index is -1.76. The Morgan fingerprint density at radius 1 is 1.14 bits per heavy atom. The van der Waals surface area contributed by atoms with E-state index in [4.69, 9.17) is 4.43 Å². The second-order valence-electron chi connectivity index (χ2n) is 8.37. The lowest BCUT2D eigenvalue weighted by Crippen LogP contribution is -2.41. The van der Waals surface area contributed by atoms with E-state index in [0.29, 0.717) is 18.3 Å². The lowest BCUT2D eigenvalue weighted by Gasteiger charge is -2.36. The van der Waals surface area contributed by atoms with Gasteiger partial charge in [-0.3, -0.25) is 4.79 Å². The van der Waals surface area contributed by atoms with Crippen LogP contribution in [0.2, 0.25) is 18.1 Å². The molecule has 2 aliphatic carbocycles. The number of hydrogen-bond donors (Lipinski definition) is 0. The van der Waals surface area contributed by atoms with Crippen LogP contribution in [0.3, 0.4) is 0 Å². The maximum atomic E-state index is 12.6. The van der Waals surface area contributed by atoms with Crippen molar-refractivity contribution in [1.82, 2.24) is 0 Å². The number of ketones is 1. The lowest BCUT2D eigenvalue weighted by molar-refractivity contribution is -0.119. The maximum absolute atomic E-state index is 12.6. The van der Waals surface area contributed by atoms with Crippen molar-refractivity contribution in [2.24, 2.45) is 11.8 Å². The molecule has 0 spiro atoms. The summed E-state index contributed by atoms with van der Waals surface area (Å²) in [6, 6.07) is 0. The van der Waals surface area contributed by atoms with Crippen LogP contribution < -0.4 is 0 Å². The summed E-state index contributed by atoms with van der Waals surface area (Å²) in [6.45, 7) is 11.8. The van der Waals surface area contributed by atoms with Gasteiger partial charge in [0.15, 0.2) is 14.1 Å². The average Bonchev–Trinajstić information content (AvgIpc) is 2.61. The fourth-order valence-electron chi connectivity index (χ4n) is 3.21. The smallest absolute Gasteiger partial charge is 0.192 e. The van der Waals surface area contributed by atoms with Gasteiger partial charge in [-0.1, -0.05) is 52.5 Å². The van der Waals surface area contributed by atoms with Gasteiger partial charge in [-0.2, -0.15) is 0 Å². The van der Waals surface area contributed by atoms with E-state index in [2.05, 4.69) is 39.9 Å². The van der Waals surface area contributed by atoms with Crippen LogP contribution in [-0.2, 0) is 9.22 Å². The van der Waals surface area contributed by atoms with Crippen LogP contribution in [0.5, 0.6) is 0 Å². The Morgan fingerprint density at radius 3 is 2.38 bits per heavy atom. The fourth-order valence-corrected chi connectivity index (χ4v) is 4.16. The Hall–Kier alpha value is -0.413. The average molecular weight is 309 g/mol. The quantitative estimate of drug-likeness (QED) is 0.678. The van der Waals surface area contributed by atoms with Gasteiger partial charge in [-0.15, -0.1) is 0 Å². The Labute approximate surface area is 131 Å². The van der Waals surface area contributed by atoms with Crippen molar-refractivity contribution < 1.29 is 9.22 Å². The van der Waals surface area contributed by atoms with Gasteiger partial charge in [0, 0.05) is 11.5 Å². The largest absolute Gasteiger partial charge is 0.412 e. The molecule has 0 radical (unpaired) electrons. The van der Waals surface area contributed by atoms with E-state index < -0.39 is 8.32 Å². The number of Topliss-reactive ketones (excluding diaryl/α,β-unsaturated/α-hetero) is 1. The monoisotopic (exact) mass is 308 g/mol. The Morgan fingerprint density at radius 2 is 1.76 bits per heavy atom. The lowest BCUT2D eigenvalue weighted by atomic mass is 9.83. The molecule has 120 valence electrons. The number of carbonyl (C=O) groups is 1.